The molecular weight excluding hydrogens is 322 g/mol. The molecular formula is C18H21N3S2. The summed E-state index contributed by atoms with van der Waals surface area (Å²) in [4.78, 5) is 4.71. The summed E-state index contributed by atoms with van der Waals surface area (Å²) in [5.74, 6) is 1.76. The van der Waals surface area contributed by atoms with E-state index >= 15 is 0 Å². The number of nitrogens with zero attached hydrogens (tertiary/aromatic N) is 3. The number of thiazole rings is 1. The van der Waals surface area contributed by atoms with Crippen molar-refractivity contribution in [2.45, 2.75) is 39.1 Å². The van der Waals surface area contributed by atoms with E-state index in [1.807, 2.05) is 6.92 Å². The minimum Gasteiger partial charge on any atom is -0.238 e. The van der Waals surface area contributed by atoms with Gasteiger partial charge >= 0.3 is 0 Å². The minimum absolute atomic E-state index is 0.704. The molecule has 2 heterocycles. The predicted octanol–water partition coefficient (Wildman–Crippen LogP) is 5.51. The SMILES string of the molecule is Cc1ccc(-c2nnc(SCCC(C)C)c3nc(C)sc23)cc1. The van der Waals surface area contributed by atoms with Gasteiger partial charge in [-0.2, -0.15) is 0 Å². The number of thioether (sulfide) groups is 1. The Hall–Kier alpha value is -1.46. The van der Waals surface area contributed by atoms with E-state index in [2.05, 4.69) is 55.2 Å². The van der Waals surface area contributed by atoms with Gasteiger partial charge in [0.25, 0.3) is 0 Å². The first kappa shape index (κ1) is 16.4. The highest BCUT2D eigenvalue weighted by atomic mass is 32.2. The van der Waals surface area contributed by atoms with E-state index < -0.39 is 0 Å². The first-order chi connectivity index (χ1) is 11.0. The predicted molar refractivity (Wildman–Crippen MR) is 100 cm³/mol. The Morgan fingerprint density at radius 3 is 2.52 bits per heavy atom. The maximum atomic E-state index is 4.71. The van der Waals surface area contributed by atoms with Crippen LogP contribution in [0.1, 0.15) is 30.8 Å². The van der Waals surface area contributed by atoms with Crippen molar-refractivity contribution in [3.63, 3.8) is 0 Å². The van der Waals surface area contributed by atoms with Gasteiger partial charge in [-0.3, -0.25) is 0 Å². The van der Waals surface area contributed by atoms with Gasteiger partial charge in [-0.25, -0.2) is 4.98 Å². The summed E-state index contributed by atoms with van der Waals surface area (Å²) in [6.07, 6.45) is 1.18. The van der Waals surface area contributed by atoms with Crippen LogP contribution < -0.4 is 0 Å². The molecule has 0 spiro atoms. The smallest absolute Gasteiger partial charge is 0.146 e. The number of fused-ring (bicyclic) bond motifs is 1. The Morgan fingerprint density at radius 2 is 1.83 bits per heavy atom. The molecule has 3 rings (SSSR count). The summed E-state index contributed by atoms with van der Waals surface area (Å²) in [5.41, 5.74) is 4.31. The molecule has 0 saturated heterocycles. The quantitative estimate of drug-likeness (QED) is 0.573. The molecule has 5 heteroatoms. The number of aromatic nitrogens is 3. The fraction of sp³-hybridized carbons (Fsp3) is 0.389. The second kappa shape index (κ2) is 6.97. The number of hydrogen-bond acceptors (Lipinski definition) is 5. The first-order valence-electron chi connectivity index (χ1n) is 7.88. The molecule has 0 N–H and O–H groups in total. The fourth-order valence-corrected chi connectivity index (χ4v) is 4.47. The van der Waals surface area contributed by atoms with E-state index in [-0.39, 0.29) is 0 Å². The van der Waals surface area contributed by atoms with Crippen molar-refractivity contribution in [2.24, 2.45) is 5.92 Å². The Labute approximate surface area is 145 Å². The lowest BCUT2D eigenvalue weighted by molar-refractivity contribution is 0.632. The van der Waals surface area contributed by atoms with Gasteiger partial charge in [-0.1, -0.05) is 43.7 Å². The monoisotopic (exact) mass is 343 g/mol. The van der Waals surface area contributed by atoms with E-state index in [0.29, 0.717) is 5.92 Å². The van der Waals surface area contributed by atoms with Gasteiger partial charge in [0.1, 0.15) is 16.2 Å². The molecule has 23 heavy (non-hydrogen) atoms. The van der Waals surface area contributed by atoms with Crippen molar-refractivity contribution < 1.29 is 0 Å². The van der Waals surface area contributed by atoms with Crippen LogP contribution in [0.4, 0.5) is 0 Å². The molecule has 0 aliphatic carbocycles. The van der Waals surface area contributed by atoms with Crippen LogP contribution in [0.2, 0.25) is 0 Å². The second-order valence-electron chi connectivity index (χ2n) is 6.16. The number of aryl methyl sites for hydroxylation is 2. The number of benzene rings is 1. The summed E-state index contributed by atoms with van der Waals surface area (Å²) < 4.78 is 1.15. The standard InChI is InChI=1S/C18H21N3S2/c1-11(2)9-10-22-18-16-17(23-13(4)19-16)15(20-21-18)14-7-5-12(3)6-8-14/h5-8,11H,9-10H2,1-4H3. The van der Waals surface area contributed by atoms with Crippen molar-refractivity contribution in [1.82, 2.24) is 15.2 Å². The summed E-state index contributed by atoms with van der Waals surface area (Å²) in [5, 5.41) is 11.0. The molecule has 0 aliphatic rings. The van der Waals surface area contributed by atoms with E-state index in [9.17, 15) is 0 Å². The third-order valence-electron chi connectivity index (χ3n) is 3.65. The molecule has 0 fully saturated rings. The van der Waals surface area contributed by atoms with Crippen LogP contribution in [-0.4, -0.2) is 20.9 Å². The zero-order chi connectivity index (χ0) is 16.4. The summed E-state index contributed by atoms with van der Waals surface area (Å²) >= 11 is 3.47. The van der Waals surface area contributed by atoms with E-state index in [1.165, 1.54) is 12.0 Å². The molecule has 0 aliphatic heterocycles. The molecule has 120 valence electrons. The molecule has 0 bridgehead atoms. The van der Waals surface area contributed by atoms with E-state index in [4.69, 9.17) is 4.98 Å². The van der Waals surface area contributed by atoms with E-state index in [0.717, 1.165) is 37.3 Å². The van der Waals surface area contributed by atoms with Gasteiger partial charge in [-0.15, -0.1) is 33.3 Å². The molecule has 0 radical (unpaired) electrons. The van der Waals surface area contributed by atoms with Crippen LogP contribution in [0, 0.1) is 19.8 Å². The van der Waals surface area contributed by atoms with Gasteiger partial charge < -0.3 is 0 Å². The van der Waals surface area contributed by atoms with Crippen LogP contribution in [0.15, 0.2) is 29.3 Å². The highest BCUT2D eigenvalue weighted by Crippen LogP contribution is 2.35. The van der Waals surface area contributed by atoms with Crippen molar-refractivity contribution >= 4 is 33.3 Å². The van der Waals surface area contributed by atoms with Crippen LogP contribution in [0.5, 0.6) is 0 Å². The van der Waals surface area contributed by atoms with Crippen LogP contribution >= 0.6 is 23.1 Å². The molecule has 3 aromatic rings. The second-order valence-corrected chi connectivity index (χ2v) is 8.45. The normalized spacial score (nSPS) is 11.5. The van der Waals surface area contributed by atoms with Gasteiger partial charge in [-0.05, 0) is 31.9 Å². The van der Waals surface area contributed by atoms with Crippen molar-refractivity contribution in [2.75, 3.05) is 5.75 Å². The van der Waals surface area contributed by atoms with Crippen LogP contribution in [-0.2, 0) is 0 Å². The fourth-order valence-electron chi connectivity index (χ4n) is 2.31. The maximum absolute atomic E-state index is 4.71. The van der Waals surface area contributed by atoms with Crippen LogP contribution in [0.25, 0.3) is 21.5 Å². The molecule has 0 atom stereocenters. The largest absolute Gasteiger partial charge is 0.238 e. The Bertz CT molecular complexity index is 807. The zero-order valence-electron chi connectivity index (χ0n) is 14.0. The van der Waals surface area contributed by atoms with Crippen molar-refractivity contribution in [3.8, 4) is 11.3 Å². The minimum atomic E-state index is 0.704. The van der Waals surface area contributed by atoms with E-state index in [1.54, 1.807) is 23.1 Å². The number of rotatable bonds is 5. The average Bonchev–Trinajstić information content (AvgIpc) is 2.90. The number of hydrogen-bond donors (Lipinski definition) is 0. The highest BCUT2D eigenvalue weighted by Gasteiger charge is 2.15. The summed E-state index contributed by atoms with van der Waals surface area (Å²) in [7, 11) is 0. The Morgan fingerprint density at radius 1 is 1.09 bits per heavy atom. The first-order valence-corrected chi connectivity index (χ1v) is 9.68. The lowest BCUT2D eigenvalue weighted by atomic mass is 10.1. The van der Waals surface area contributed by atoms with Crippen molar-refractivity contribution in [3.05, 3.63) is 34.8 Å². The molecule has 3 nitrogen and oxygen atoms in total. The lowest BCUT2D eigenvalue weighted by Gasteiger charge is -2.06. The summed E-state index contributed by atoms with van der Waals surface area (Å²) in [6, 6.07) is 8.45. The van der Waals surface area contributed by atoms with Gasteiger partial charge in [0.05, 0.1) is 9.71 Å². The van der Waals surface area contributed by atoms with Gasteiger partial charge in [0.2, 0.25) is 0 Å². The topological polar surface area (TPSA) is 38.7 Å². The highest BCUT2D eigenvalue weighted by molar-refractivity contribution is 7.99. The maximum Gasteiger partial charge on any atom is 0.146 e. The van der Waals surface area contributed by atoms with Crippen molar-refractivity contribution in [1.29, 1.82) is 0 Å². The third-order valence-corrected chi connectivity index (χ3v) is 5.62. The Kier molecular flexibility index (Phi) is 4.97. The lowest BCUT2D eigenvalue weighted by Crippen LogP contribution is -1.95. The molecule has 0 unspecified atom stereocenters. The molecule has 1 aromatic carbocycles. The van der Waals surface area contributed by atoms with Crippen LogP contribution in [0.3, 0.4) is 0 Å². The third kappa shape index (κ3) is 3.72. The average molecular weight is 344 g/mol. The zero-order valence-corrected chi connectivity index (χ0v) is 15.6. The Balaban J connectivity index is 2.00. The molecule has 0 amide bonds. The molecule has 0 saturated carbocycles. The molecule has 2 aromatic heterocycles. The summed E-state index contributed by atoms with van der Waals surface area (Å²) in [6.45, 7) is 8.63. The van der Waals surface area contributed by atoms with Gasteiger partial charge in [0.15, 0.2) is 0 Å². The van der Waals surface area contributed by atoms with Gasteiger partial charge in [0, 0.05) is 5.56 Å².